The average Bonchev–Trinajstić information content (AvgIpc) is 2.29. The quantitative estimate of drug-likeness (QED) is 0.711. The van der Waals surface area contributed by atoms with Gasteiger partial charge in [0.05, 0.1) is 12.5 Å². The van der Waals surface area contributed by atoms with Crippen LogP contribution in [0.15, 0.2) is 30.3 Å². The van der Waals surface area contributed by atoms with E-state index in [1.165, 1.54) is 5.56 Å². The third kappa shape index (κ3) is 4.05. The fourth-order valence-electron chi connectivity index (χ4n) is 1.45. The van der Waals surface area contributed by atoms with E-state index < -0.39 is 0 Å². The van der Waals surface area contributed by atoms with Crippen LogP contribution in [-0.4, -0.2) is 12.6 Å². The van der Waals surface area contributed by atoms with Gasteiger partial charge in [0.15, 0.2) is 0 Å². The maximum absolute atomic E-state index is 11.2. The largest absolute Gasteiger partial charge is 0.465 e. The lowest BCUT2D eigenvalue weighted by Gasteiger charge is -2.12. The molecule has 0 aromatic heterocycles. The van der Waals surface area contributed by atoms with Crippen LogP contribution in [0.25, 0.3) is 0 Å². The lowest BCUT2D eigenvalue weighted by atomic mass is 9.98. The Morgan fingerprint density at radius 2 is 1.81 bits per heavy atom. The fraction of sp³-hybridized carbons (Fsp3) is 0.500. The number of carbonyl (C=O) groups is 1. The molecular weight excluding hydrogens is 200 g/mol. The van der Waals surface area contributed by atoms with Gasteiger partial charge in [0.25, 0.3) is 0 Å². The van der Waals surface area contributed by atoms with Crippen molar-refractivity contribution in [1.82, 2.24) is 0 Å². The molecular formula is C14H20O2. The molecule has 0 saturated carbocycles. The van der Waals surface area contributed by atoms with Crippen molar-refractivity contribution < 1.29 is 9.53 Å². The Balaban J connectivity index is 2.31. The molecule has 0 saturated heterocycles. The zero-order valence-corrected chi connectivity index (χ0v) is 10.3. The number of ether oxygens (including phenoxy) is 1. The predicted molar refractivity (Wildman–Crippen MR) is 65.3 cm³/mol. The van der Waals surface area contributed by atoms with Gasteiger partial charge in [-0.2, -0.15) is 0 Å². The molecule has 0 radical (unpaired) electrons. The van der Waals surface area contributed by atoms with E-state index in [1.807, 2.05) is 32.0 Å². The van der Waals surface area contributed by atoms with Crippen LogP contribution in [0.4, 0.5) is 0 Å². The molecule has 0 aliphatic heterocycles. The highest BCUT2D eigenvalue weighted by Gasteiger charge is 2.10. The molecule has 0 fully saturated rings. The van der Waals surface area contributed by atoms with Crippen LogP contribution in [0.3, 0.4) is 0 Å². The summed E-state index contributed by atoms with van der Waals surface area (Å²) in [6.07, 6.45) is 0.877. The third-order valence-corrected chi connectivity index (χ3v) is 2.64. The summed E-state index contributed by atoms with van der Waals surface area (Å²) in [5.41, 5.74) is 1.29. The lowest BCUT2D eigenvalue weighted by Crippen LogP contribution is -2.13. The SMILES string of the molecule is CC(C)C(=O)OCCC(C)c1ccccc1. The van der Waals surface area contributed by atoms with Crippen LogP contribution in [0.2, 0.25) is 0 Å². The molecule has 2 heteroatoms. The monoisotopic (exact) mass is 220 g/mol. The summed E-state index contributed by atoms with van der Waals surface area (Å²) in [7, 11) is 0. The van der Waals surface area contributed by atoms with Crippen molar-refractivity contribution in [2.45, 2.75) is 33.1 Å². The summed E-state index contributed by atoms with van der Waals surface area (Å²) >= 11 is 0. The molecule has 0 aliphatic carbocycles. The van der Waals surface area contributed by atoms with E-state index in [-0.39, 0.29) is 11.9 Å². The van der Waals surface area contributed by atoms with E-state index in [2.05, 4.69) is 19.1 Å². The molecule has 88 valence electrons. The van der Waals surface area contributed by atoms with Gasteiger partial charge in [-0.05, 0) is 17.9 Å². The standard InChI is InChI=1S/C14H20O2/c1-11(2)14(15)16-10-9-12(3)13-7-5-4-6-8-13/h4-8,11-12H,9-10H2,1-3H3. The Bertz CT molecular complexity index is 317. The lowest BCUT2D eigenvalue weighted by molar-refractivity contribution is -0.147. The first-order chi connectivity index (χ1) is 7.61. The summed E-state index contributed by atoms with van der Waals surface area (Å²) < 4.78 is 5.16. The van der Waals surface area contributed by atoms with Crippen LogP contribution >= 0.6 is 0 Å². The van der Waals surface area contributed by atoms with E-state index in [0.717, 1.165) is 6.42 Å². The Kier molecular flexibility index (Phi) is 5.03. The molecule has 0 N–H and O–H groups in total. The van der Waals surface area contributed by atoms with Crippen LogP contribution < -0.4 is 0 Å². The summed E-state index contributed by atoms with van der Waals surface area (Å²) in [5.74, 6) is 0.286. The predicted octanol–water partition coefficient (Wildman–Crippen LogP) is 3.38. The van der Waals surface area contributed by atoms with Crippen molar-refractivity contribution >= 4 is 5.97 Å². The van der Waals surface area contributed by atoms with Crippen LogP contribution in [0.1, 0.15) is 38.7 Å². The second-order valence-corrected chi connectivity index (χ2v) is 4.42. The van der Waals surface area contributed by atoms with Crippen molar-refractivity contribution in [1.29, 1.82) is 0 Å². The maximum Gasteiger partial charge on any atom is 0.308 e. The average molecular weight is 220 g/mol. The summed E-state index contributed by atoms with van der Waals surface area (Å²) in [4.78, 5) is 11.2. The zero-order valence-electron chi connectivity index (χ0n) is 10.3. The van der Waals surface area contributed by atoms with Crippen LogP contribution in [-0.2, 0) is 9.53 Å². The zero-order chi connectivity index (χ0) is 12.0. The Hall–Kier alpha value is -1.31. The highest BCUT2D eigenvalue weighted by Crippen LogP contribution is 2.18. The Morgan fingerprint density at radius 1 is 1.19 bits per heavy atom. The first-order valence-corrected chi connectivity index (χ1v) is 5.83. The van der Waals surface area contributed by atoms with E-state index in [0.29, 0.717) is 12.5 Å². The molecule has 1 unspecified atom stereocenters. The third-order valence-electron chi connectivity index (χ3n) is 2.64. The highest BCUT2D eigenvalue weighted by atomic mass is 16.5. The molecule has 1 rings (SSSR count). The van der Waals surface area contributed by atoms with E-state index in [9.17, 15) is 4.79 Å². The molecule has 0 spiro atoms. The normalized spacial score (nSPS) is 12.5. The van der Waals surface area contributed by atoms with Crippen molar-refractivity contribution in [3.05, 3.63) is 35.9 Å². The molecule has 0 bridgehead atoms. The number of esters is 1. The molecule has 2 nitrogen and oxygen atoms in total. The smallest absolute Gasteiger partial charge is 0.308 e. The molecule has 1 atom stereocenters. The van der Waals surface area contributed by atoms with Gasteiger partial charge < -0.3 is 4.74 Å². The molecule has 0 amide bonds. The molecule has 0 aliphatic rings. The number of carbonyl (C=O) groups excluding carboxylic acids is 1. The molecule has 1 aromatic carbocycles. The second-order valence-electron chi connectivity index (χ2n) is 4.42. The number of benzene rings is 1. The topological polar surface area (TPSA) is 26.3 Å². The van der Waals surface area contributed by atoms with Gasteiger partial charge in [-0.1, -0.05) is 51.1 Å². The minimum Gasteiger partial charge on any atom is -0.465 e. The van der Waals surface area contributed by atoms with E-state index in [1.54, 1.807) is 0 Å². The molecule has 0 heterocycles. The van der Waals surface area contributed by atoms with Crippen LogP contribution in [0.5, 0.6) is 0 Å². The number of hydrogen-bond donors (Lipinski definition) is 0. The highest BCUT2D eigenvalue weighted by molar-refractivity contribution is 5.71. The van der Waals surface area contributed by atoms with Gasteiger partial charge >= 0.3 is 5.97 Å². The Labute approximate surface area is 97.6 Å². The van der Waals surface area contributed by atoms with E-state index >= 15 is 0 Å². The van der Waals surface area contributed by atoms with Crippen molar-refractivity contribution in [2.24, 2.45) is 5.92 Å². The second kappa shape index (κ2) is 6.31. The minimum absolute atomic E-state index is 0.0352. The Morgan fingerprint density at radius 3 is 2.38 bits per heavy atom. The van der Waals surface area contributed by atoms with Gasteiger partial charge in [0.2, 0.25) is 0 Å². The first-order valence-electron chi connectivity index (χ1n) is 5.83. The maximum atomic E-state index is 11.2. The fourth-order valence-corrected chi connectivity index (χ4v) is 1.45. The van der Waals surface area contributed by atoms with Crippen molar-refractivity contribution in [3.8, 4) is 0 Å². The van der Waals surface area contributed by atoms with Gasteiger partial charge in [-0.25, -0.2) is 0 Å². The number of rotatable bonds is 5. The van der Waals surface area contributed by atoms with Gasteiger partial charge in [-0.3, -0.25) is 4.79 Å². The summed E-state index contributed by atoms with van der Waals surface area (Å²) in [6.45, 7) is 6.36. The van der Waals surface area contributed by atoms with E-state index in [4.69, 9.17) is 4.74 Å². The van der Waals surface area contributed by atoms with Gasteiger partial charge in [0, 0.05) is 0 Å². The minimum atomic E-state index is -0.111. The summed E-state index contributed by atoms with van der Waals surface area (Å²) in [5, 5.41) is 0. The van der Waals surface area contributed by atoms with Crippen molar-refractivity contribution in [2.75, 3.05) is 6.61 Å². The first kappa shape index (κ1) is 12.8. The molecule has 1 aromatic rings. The van der Waals surface area contributed by atoms with Gasteiger partial charge in [0.1, 0.15) is 0 Å². The van der Waals surface area contributed by atoms with Gasteiger partial charge in [-0.15, -0.1) is 0 Å². The summed E-state index contributed by atoms with van der Waals surface area (Å²) in [6, 6.07) is 10.3. The number of hydrogen-bond acceptors (Lipinski definition) is 2. The van der Waals surface area contributed by atoms with Crippen LogP contribution in [0, 0.1) is 5.92 Å². The van der Waals surface area contributed by atoms with Crippen molar-refractivity contribution in [3.63, 3.8) is 0 Å². The molecule has 16 heavy (non-hydrogen) atoms.